The summed E-state index contributed by atoms with van der Waals surface area (Å²) in [5.74, 6) is -0.323. The van der Waals surface area contributed by atoms with Crippen LogP contribution in [0.25, 0.3) is 0 Å². The van der Waals surface area contributed by atoms with E-state index in [9.17, 15) is 14.4 Å². The Morgan fingerprint density at radius 1 is 1.14 bits per heavy atom. The van der Waals surface area contributed by atoms with Crippen molar-refractivity contribution in [2.24, 2.45) is 5.73 Å². The lowest BCUT2D eigenvalue weighted by Gasteiger charge is -2.14. The van der Waals surface area contributed by atoms with Crippen molar-refractivity contribution in [1.29, 1.82) is 0 Å². The topological polar surface area (TPSA) is 92.5 Å². The average Bonchev–Trinajstić information content (AvgIpc) is 2.79. The number of nitrogens with zero attached hydrogens (tertiary/aromatic N) is 1. The zero-order valence-electron chi connectivity index (χ0n) is 11.8. The van der Waals surface area contributed by atoms with Gasteiger partial charge >= 0.3 is 0 Å². The third-order valence-electron chi connectivity index (χ3n) is 3.34. The van der Waals surface area contributed by atoms with Gasteiger partial charge in [-0.15, -0.1) is 0 Å². The Bertz CT molecular complexity index is 524. The maximum absolute atomic E-state index is 11.6. The number of nitrogens with two attached hydrogens (primary N) is 1. The van der Waals surface area contributed by atoms with Crippen molar-refractivity contribution in [2.75, 3.05) is 11.9 Å². The van der Waals surface area contributed by atoms with Gasteiger partial charge in [-0.05, 0) is 30.7 Å². The minimum absolute atomic E-state index is 0.0712. The molecule has 3 N–H and O–H groups in total. The number of hydrogen-bond acceptors (Lipinski definition) is 4. The fourth-order valence-electron chi connectivity index (χ4n) is 2.16. The van der Waals surface area contributed by atoms with Crippen LogP contribution < -0.4 is 11.1 Å². The Labute approximate surface area is 123 Å². The molecule has 0 aromatic heterocycles. The van der Waals surface area contributed by atoms with E-state index in [4.69, 9.17) is 5.73 Å². The van der Waals surface area contributed by atoms with Crippen molar-refractivity contribution in [3.8, 4) is 0 Å². The number of anilines is 1. The van der Waals surface area contributed by atoms with Gasteiger partial charge in [0.25, 0.3) is 0 Å². The molecule has 1 aromatic rings. The van der Waals surface area contributed by atoms with Gasteiger partial charge in [-0.1, -0.05) is 12.1 Å². The van der Waals surface area contributed by atoms with E-state index < -0.39 is 0 Å². The number of carbonyl (C=O) groups excluding carboxylic acids is 3. The minimum atomic E-state index is -0.126. The lowest BCUT2D eigenvalue weighted by atomic mass is 10.2. The van der Waals surface area contributed by atoms with Gasteiger partial charge in [0.05, 0.1) is 6.54 Å². The highest BCUT2D eigenvalue weighted by Gasteiger charge is 2.28. The van der Waals surface area contributed by atoms with Crippen molar-refractivity contribution in [3.05, 3.63) is 29.8 Å². The normalized spacial score (nSPS) is 14.6. The smallest absolute Gasteiger partial charge is 0.229 e. The summed E-state index contributed by atoms with van der Waals surface area (Å²) in [4.78, 5) is 35.9. The van der Waals surface area contributed by atoms with Crippen LogP contribution in [0.1, 0.15) is 31.2 Å². The Hall–Kier alpha value is -2.21. The second kappa shape index (κ2) is 6.99. The molecule has 1 aliphatic heterocycles. The fourth-order valence-corrected chi connectivity index (χ4v) is 2.16. The number of benzene rings is 1. The maximum Gasteiger partial charge on any atom is 0.229 e. The second-order valence-corrected chi connectivity index (χ2v) is 5.01. The van der Waals surface area contributed by atoms with E-state index in [1.807, 2.05) is 0 Å². The lowest BCUT2D eigenvalue weighted by molar-refractivity contribution is -0.139. The molecule has 0 aliphatic carbocycles. The summed E-state index contributed by atoms with van der Waals surface area (Å²) in [6.45, 7) is 0.781. The largest absolute Gasteiger partial charge is 0.330 e. The van der Waals surface area contributed by atoms with Crippen molar-refractivity contribution in [1.82, 2.24) is 4.90 Å². The van der Waals surface area contributed by atoms with E-state index in [-0.39, 0.29) is 17.7 Å². The molecule has 0 bridgehead atoms. The van der Waals surface area contributed by atoms with Crippen molar-refractivity contribution in [3.63, 3.8) is 0 Å². The Morgan fingerprint density at radius 2 is 1.76 bits per heavy atom. The van der Waals surface area contributed by atoms with Gasteiger partial charge in [-0.2, -0.15) is 0 Å². The number of nitrogens with one attached hydrogen (secondary N) is 1. The molecule has 3 amide bonds. The summed E-state index contributed by atoms with van der Waals surface area (Å²) in [6, 6.07) is 7.14. The fraction of sp³-hybridized carbons (Fsp3) is 0.400. The first-order valence-corrected chi connectivity index (χ1v) is 7.02. The summed E-state index contributed by atoms with van der Waals surface area (Å²) in [7, 11) is 0. The van der Waals surface area contributed by atoms with Crippen LogP contribution in [-0.2, 0) is 20.9 Å². The monoisotopic (exact) mass is 289 g/mol. The first kappa shape index (κ1) is 15.2. The number of imide groups is 1. The number of likely N-dealkylation sites (tertiary alicyclic amines) is 1. The molecule has 21 heavy (non-hydrogen) atoms. The molecule has 1 fully saturated rings. The van der Waals surface area contributed by atoms with Crippen molar-refractivity contribution in [2.45, 2.75) is 32.2 Å². The van der Waals surface area contributed by atoms with Crippen LogP contribution in [0, 0.1) is 0 Å². The Kier molecular flexibility index (Phi) is 5.05. The van der Waals surface area contributed by atoms with Gasteiger partial charge in [0, 0.05) is 24.9 Å². The predicted molar refractivity (Wildman–Crippen MR) is 78.2 cm³/mol. The zero-order chi connectivity index (χ0) is 15.2. The highest BCUT2D eigenvalue weighted by Crippen LogP contribution is 2.17. The molecule has 112 valence electrons. The SMILES string of the molecule is NCCCC(=O)Nc1ccc(CN2C(=O)CCC2=O)cc1. The van der Waals surface area contributed by atoms with E-state index in [0.717, 1.165) is 5.56 Å². The van der Waals surface area contributed by atoms with E-state index >= 15 is 0 Å². The molecule has 1 saturated heterocycles. The van der Waals surface area contributed by atoms with Crippen LogP contribution in [0.15, 0.2) is 24.3 Å². The molecular formula is C15H19N3O3. The predicted octanol–water partition coefficient (Wildman–Crippen LogP) is 1.01. The molecule has 2 rings (SSSR count). The van der Waals surface area contributed by atoms with E-state index in [0.29, 0.717) is 44.5 Å². The summed E-state index contributed by atoms with van der Waals surface area (Å²) in [5, 5.41) is 2.77. The van der Waals surface area contributed by atoms with Crippen LogP contribution in [0.5, 0.6) is 0 Å². The third-order valence-corrected chi connectivity index (χ3v) is 3.34. The molecule has 0 radical (unpaired) electrons. The molecule has 6 heteroatoms. The van der Waals surface area contributed by atoms with Gasteiger partial charge in [0.2, 0.25) is 17.7 Å². The quantitative estimate of drug-likeness (QED) is 0.764. The highest BCUT2D eigenvalue weighted by atomic mass is 16.2. The van der Waals surface area contributed by atoms with Gasteiger partial charge in [-0.25, -0.2) is 0 Å². The molecule has 0 spiro atoms. The molecule has 1 aliphatic rings. The van der Waals surface area contributed by atoms with Crippen molar-refractivity contribution >= 4 is 23.4 Å². The second-order valence-electron chi connectivity index (χ2n) is 5.01. The molecule has 1 heterocycles. The summed E-state index contributed by atoms with van der Waals surface area (Å²) in [6.07, 6.45) is 1.65. The van der Waals surface area contributed by atoms with Gasteiger partial charge < -0.3 is 11.1 Å². The lowest BCUT2D eigenvalue weighted by Crippen LogP contribution is -2.28. The number of hydrogen-bond donors (Lipinski definition) is 2. The van der Waals surface area contributed by atoms with Gasteiger partial charge in [-0.3, -0.25) is 19.3 Å². The van der Waals surface area contributed by atoms with E-state index in [2.05, 4.69) is 5.32 Å². The van der Waals surface area contributed by atoms with E-state index in [1.54, 1.807) is 24.3 Å². The number of amides is 3. The molecular weight excluding hydrogens is 270 g/mol. The van der Waals surface area contributed by atoms with Gasteiger partial charge in [0.15, 0.2) is 0 Å². The minimum Gasteiger partial charge on any atom is -0.330 e. The van der Waals surface area contributed by atoms with Crippen LogP contribution in [0.4, 0.5) is 5.69 Å². The highest BCUT2D eigenvalue weighted by molar-refractivity contribution is 6.01. The Balaban J connectivity index is 1.91. The molecule has 0 unspecified atom stereocenters. The van der Waals surface area contributed by atoms with Crippen LogP contribution in [0.3, 0.4) is 0 Å². The third kappa shape index (κ3) is 4.13. The Morgan fingerprint density at radius 3 is 2.33 bits per heavy atom. The molecule has 6 nitrogen and oxygen atoms in total. The zero-order valence-corrected chi connectivity index (χ0v) is 11.8. The first-order chi connectivity index (χ1) is 10.1. The standard InChI is InChI=1S/C15H19N3O3/c16-9-1-2-13(19)17-12-5-3-11(4-6-12)10-18-14(20)7-8-15(18)21/h3-6H,1-2,7-10,16H2,(H,17,19). The first-order valence-electron chi connectivity index (χ1n) is 7.02. The van der Waals surface area contributed by atoms with Crippen molar-refractivity contribution < 1.29 is 14.4 Å². The van der Waals surface area contributed by atoms with Crippen LogP contribution in [-0.4, -0.2) is 29.2 Å². The van der Waals surface area contributed by atoms with Gasteiger partial charge in [0.1, 0.15) is 0 Å². The van der Waals surface area contributed by atoms with E-state index in [1.165, 1.54) is 4.90 Å². The molecule has 0 atom stereocenters. The summed E-state index contributed by atoms with van der Waals surface area (Å²) in [5.41, 5.74) is 6.90. The maximum atomic E-state index is 11.6. The number of rotatable bonds is 6. The molecule has 1 aromatic carbocycles. The van der Waals surface area contributed by atoms with Crippen LogP contribution >= 0.6 is 0 Å². The summed E-state index contributed by atoms with van der Waals surface area (Å²) < 4.78 is 0. The summed E-state index contributed by atoms with van der Waals surface area (Å²) >= 11 is 0. The molecule has 0 saturated carbocycles. The van der Waals surface area contributed by atoms with Crippen LogP contribution in [0.2, 0.25) is 0 Å². The number of carbonyl (C=O) groups is 3. The average molecular weight is 289 g/mol.